The van der Waals surface area contributed by atoms with Gasteiger partial charge < -0.3 is 4.90 Å². The predicted octanol–water partition coefficient (Wildman–Crippen LogP) is 4.58. The number of hydrogen-bond donors (Lipinski definition) is 0. The highest BCUT2D eigenvalue weighted by Gasteiger charge is 2.30. The molecule has 0 saturated heterocycles. The summed E-state index contributed by atoms with van der Waals surface area (Å²) in [7, 11) is 0. The number of amides is 1. The van der Waals surface area contributed by atoms with E-state index in [1.807, 2.05) is 52.9 Å². The van der Waals surface area contributed by atoms with Crippen molar-refractivity contribution in [1.29, 1.82) is 0 Å². The number of carbonyl (C=O) groups is 1. The monoisotopic (exact) mass is 373 g/mol. The molecule has 4 nitrogen and oxygen atoms in total. The lowest BCUT2D eigenvalue weighted by atomic mass is 10.1. The highest BCUT2D eigenvalue weighted by molar-refractivity contribution is 7.15. The second-order valence-electron chi connectivity index (χ2n) is 6.99. The third-order valence-corrected chi connectivity index (χ3v) is 6.05. The van der Waals surface area contributed by atoms with Crippen LogP contribution in [0.2, 0.25) is 0 Å². The standard InChI is InChI=1S/C22H19N3OS/c1-15-11-17-9-5-6-10-20(17)25(15)21(26)12-18-14-27-22-23-19(13-24(18)22)16-7-3-2-4-8-16/h2-10,13-15H,11-12H2,1H3/t15-/m1/s1. The zero-order valence-electron chi connectivity index (χ0n) is 15.0. The summed E-state index contributed by atoms with van der Waals surface area (Å²) in [5.41, 5.74) is 5.33. The van der Waals surface area contributed by atoms with E-state index in [-0.39, 0.29) is 11.9 Å². The first-order chi connectivity index (χ1) is 13.2. The summed E-state index contributed by atoms with van der Waals surface area (Å²) in [5, 5.41) is 2.04. The number of nitrogens with zero attached hydrogens (tertiary/aromatic N) is 3. The van der Waals surface area contributed by atoms with E-state index in [9.17, 15) is 4.79 Å². The molecule has 0 unspecified atom stereocenters. The van der Waals surface area contributed by atoms with Gasteiger partial charge in [0.05, 0.1) is 12.1 Å². The summed E-state index contributed by atoms with van der Waals surface area (Å²) >= 11 is 1.58. The largest absolute Gasteiger partial charge is 0.309 e. The molecule has 134 valence electrons. The van der Waals surface area contributed by atoms with Crippen molar-refractivity contribution < 1.29 is 4.79 Å². The fraction of sp³-hybridized carbons (Fsp3) is 0.182. The number of benzene rings is 2. The maximum atomic E-state index is 13.1. The highest BCUT2D eigenvalue weighted by atomic mass is 32.1. The van der Waals surface area contributed by atoms with Crippen LogP contribution >= 0.6 is 11.3 Å². The molecule has 0 fully saturated rings. The van der Waals surface area contributed by atoms with Crippen LogP contribution in [0.5, 0.6) is 0 Å². The second-order valence-corrected chi connectivity index (χ2v) is 7.83. The summed E-state index contributed by atoms with van der Waals surface area (Å²) in [6.07, 6.45) is 3.33. The van der Waals surface area contributed by atoms with Crippen LogP contribution in [0.4, 0.5) is 5.69 Å². The number of hydrogen-bond acceptors (Lipinski definition) is 3. The van der Waals surface area contributed by atoms with E-state index in [0.717, 1.165) is 34.0 Å². The minimum atomic E-state index is 0.141. The van der Waals surface area contributed by atoms with E-state index < -0.39 is 0 Å². The van der Waals surface area contributed by atoms with Crippen molar-refractivity contribution in [2.45, 2.75) is 25.8 Å². The molecule has 0 aliphatic carbocycles. The van der Waals surface area contributed by atoms with Crippen molar-refractivity contribution in [3.63, 3.8) is 0 Å². The molecule has 1 atom stereocenters. The highest BCUT2D eigenvalue weighted by Crippen LogP contribution is 2.32. The Kier molecular flexibility index (Phi) is 3.83. The van der Waals surface area contributed by atoms with Crippen molar-refractivity contribution in [3.05, 3.63) is 77.4 Å². The lowest BCUT2D eigenvalue weighted by molar-refractivity contribution is -0.118. The summed E-state index contributed by atoms with van der Waals surface area (Å²) in [5.74, 6) is 0.141. The Hall–Kier alpha value is -2.92. The number of anilines is 1. The minimum Gasteiger partial charge on any atom is -0.309 e. The van der Waals surface area contributed by atoms with Gasteiger partial charge in [0.1, 0.15) is 0 Å². The number of imidazole rings is 1. The molecule has 27 heavy (non-hydrogen) atoms. The summed E-state index contributed by atoms with van der Waals surface area (Å²) < 4.78 is 2.05. The van der Waals surface area contributed by atoms with Gasteiger partial charge >= 0.3 is 0 Å². The number of para-hydroxylation sites is 1. The van der Waals surface area contributed by atoms with E-state index >= 15 is 0 Å². The van der Waals surface area contributed by atoms with Gasteiger partial charge in [0.15, 0.2) is 4.96 Å². The first-order valence-electron chi connectivity index (χ1n) is 9.11. The third-order valence-electron chi connectivity index (χ3n) is 5.16. The Balaban J connectivity index is 1.45. The lowest BCUT2D eigenvalue weighted by Gasteiger charge is -2.22. The predicted molar refractivity (Wildman–Crippen MR) is 109 cm³/mol. The average molecular weight is 373 g/mol. The molecule has 0 bridgehead atoms. The Morgan fingerprint density at radius 2 is 1.93 bits per heavy atom. The molecule has 5 rings (SSSR count). The van der Waals surface area contributed by atoms with Crippen LogP contribution < -0.4 is 4.90 Å². The molecule has 0 N–H and O–H groups in total. The molecule has 0 radical (unpaired) electrons. The van der Waals surface area contributed by atoms with Gasteiger partial charge in [-0.05, 0) is 25.0 Å². The minimum absolute atomic E-state index is 0.141. The summed E-state index contributed by atoms with van der Waals surface area (Å²) in [4.78, 5) is 20.7. The number of rotatable bonds is 3. The van der Waals surface area contributed by atoms with Gasteiger partial charge in [-0.25, -0.2) is 4.98 Å². The zero-order chi connectivity index (χ0) is 18.4. The van der Waals surface area contributed by atoms with E-state index in [0.29, 0.717) is 6.42 Å². The van der Waals surface area contributed by atoms with Crippen LogP contribution in [0.25, 0.3) is 16.2 Å². The van der Waals surface area contributed by atoms with Crippen LogP contribution in [0.1, 0.15) is 18.2 Å². The molecule has 1 amide bonds. The average Bonchev–Trinajstić information content (AvgIpc) is 3.35. The molecule has 2 aromatic carbocycles. The Bertz CT molecular complexity index is 1130. The van der Waals surface area contributed by atoms with Crippen molar-refractivity contribution >= 4 is 27.9 Å². The van der Waals surface area contributed by atoms with Crippen LogP contribution in [0.15, 0.2) is 66.2 Å². The number of thiazole rings is 1. The number of aromatic nitrogens is 2. The van der Waals surface area contributed by atoms with E-state index in [1.165, 1.54) is 5.56 Å². The van der Waals surface area contributed by atoms with Gasteiger partial charge in [0.25, 0.3) is 0 Å². The first-order valence-corrected chi connectivity index (χ1v) is 9.99. The van der Waals surface area contributed by atoms with E-state index in [4.69, 9.17) is 4.98 Å². The van der Waals surface area contributed by atoms with E-state index in [1.54, 1.807) is 11.3 Å². The van der Waals surface area contributed by atoms with Crippen molar-refractivity contribution in [2.75, 3.05) is 4.90 Å². The lowest BCUT2D eigenvalue weighted by Crippen LogP contribution is -2.37. The fourth-order valence-corrected chi connectivity index (χ4v) is 4.76. The molecule has 1 aliphatic heterocycles. The quantitative estimate of drug-likeness (QED) is 0.527. The normalized spacial score (nSPS) is 16.0. The molecule has 5 heteroatoms. The van der Waals surface area contributed by atoms with Crippen molar-refractivity contribution in [2.24, 2.45) is 0 Å². The smallest absolute Gasteiger partial charge is 0.233 e. The summed E-state index contributed by atoms with van der Waals surface area (Å²) in [6.45, 7) is 2.12. The Labute approximate surface area is 161 Å². The molecular formula is C22H19N3OS. The maximum absolute atomic E-state index is 13.1. The number of carbonyl (C=O) groups excluding carboxylic acids is 1. The van der Waals surface area contributed by atoms with Gasteiger partial charge in [0, 0.05) is 34.6 Å². The molecule has 0 spiro atoms. The fourth-order valence-electron chi connectivity index (χ4n) is 3.89. The second kappa shape index (κ2) is 6.35. The topological polar surface area (TPSA) is 37.6 Å². The SMILES string of the molecule is C[C@@H]1Cc2ccccc2N1C(=O)Cc1csc2nc(-c3ccccc3)cn12. The van der Waals surface area contributed by atoms with Crippen LogP contribution in [0.3, 0.4) is 0 Å². The summed E-state index contributed by atoms with van der Waals surface area (Å²) in [6, 6.07) is 18.5. The molecular weight excluding hydrogens is 354 g/mol. The Morgan fingerprint density at radius 3 is 2.78 bits per heavy atom. The third kappa shape index (κ3) is 2.75. The van der Waals surface area contributed by atoms with Crippen LogP contribution in [0, 0.1) is 0 Å². The molecule has 2 aromatic heterocycles. The Morgan fingerprint density at radius 1 is 1.15 bits per heavy atom. The van der Waals surface area contributed by atoms with Gasteiger partial charge in [-0.15, -0.1) is 11.3 Å². The molecule has 4 aromatic rings. The molecule has 0 saturated carbocycles. The van der Waals surface area contributed by atoms with Crippen molar-refractivity contribution in [3.8, 4) is 11.3 Å². The van der Waals surface area contributed by atoms with Gasteiger partial charge in [-0.2, -0.15) is 0 Å². The zero-order valence-corrected chi connectivity index (χ0v) is 15.8. The van der Waals surface area contributed by atoms with Crippen molar-refractivity contribution in [1.82, 2.24) is 9.38 Å². The van der Waals surface area contributed by atoms with Gasteiger partial charge in [0.2, 0.25) is 5.91 Å². The number of fused-ring (bicyclic) bond motifs is 2. The van der Waals surface area contributed by atoms with Crippen LogP contribution in [-0.2, 0) is 17.6 Å². The van der Waals surface area contributed by atoms with Gasteiger partial charge in [-0.3, -0.25) is 9.20 Å². The van der Waals surface area contributed by atoms with Gasteiger partial charge in [-0.1, -0.05) is 48.5 Å². The molecule has 1 aliphatic rings. The maximum Gasteiger partial charge on any atom is 0.233 e. The van der Waals surface area contributed by atoms with E-state index in [2.05, 4.69) is 29.5 Å². The van der Waals surface area contributed by atoms with Crippen LogP contribution in [-0.4, -0.2) is 21.3 Å². The first kappa shape index (κ1) is 16.3. The molecule has 3 heterocycles.